The molecule has 0 bridgehead atoms. The summed E-state index contributed by atoms with van der Waals surface area (Å²) in [5.74, 6) is -1.51. The lowest BCUT2D eigenvalue weighted by Gasteiger charge is -2.08. The maximum absolute atomic E-state index is 11.0. The quantitative estimate of drug-likeness (QED) is 0.576. The van der Waals surface area contributed by atoms with Crippen LogP contribution in [0.15, 0.2) is 0 Å². The first-order chi connectivity index (χ1) is 7.41. The van der Waals surface area contributed by atoms with Crippen molar-refractivity contribution in [2.24, 2.45) is 5.92 Å². The highest BCUT2D eigenvalue weighted by atomic mass is 16.5. The Balaban J connectivity index is 3.59. The number of carbonyl (C=O) groups excluding carboxylic acids is 2. The van der Waals surface area contributed by atoms with E-state index in [1.54, 1.807) is 0 Å². The van der Waals surface area contributed by atoms with Gasteiger partial charge in [0, 0.05) is 0 Å². The van der Waals surface area contributed by atoms with Crippen LogP contribution in [0.25, 0.3) is 0 Å². The fourth-order valence-corrected chi connectivity index (χ4v) is 0.683. The van der Waals surface area contributed by atoms with E-state index < -0.39 is 24.5 Å². The Morgan fingerprint density at radius 1 is 1.19 bits per heavy atom. The third-order valence-corrected chi connectivity index (χ3v) is 1.38. The highest BCUT2D eigenvalue weighted by molar-refractivity contribution is 5.84. The summed E-state index contributed by atoms with van der Waals surface area (Å²) >= 11 is 0. The number of amides is 2. The summed E-state index contributed by atoms with van der Waals surface area (Å²) in [6.07, 6.45) is -0.695. The Morgan fingerprint density at radius 2 is 1.81 bits per heavy atom. The van der Waals surface area contributed by atoms with E-state index in [1.165, 1.54) is 0 Å². The van der Waals surface area contributed by atoms with Gasteiger partial charge in [0.25, 0.3) is 0 Å². The molecule has 0 saturated carbocycles. The van der Waals surface area contributed by atoms with Crippen molar-refractivity contribution in [2.75, 3.05) is 19.7 Å². The van der Waals surface area contributed by atoms with Crippen LogP contribution < -0.4 is 10.6 Å². The Labute approximate surface area is 93.2 Å². The maximum Gasteiger partial charge on any atom is 0.407 e. The van der Waals surface area contributed by atoms with Crippen molar-refractivity contribution in [3.05, 3.63) is 0 Å². The molecule has 7 heteroatoms. The Hall–Kier alpha value is -1.79. The summed E-state index contributed by atoms with van der Waals surface area (Å²) < 4.78 is 4.73. The summed E-state index contributed by atoms with van der Waals surface area (Å²) in [6, 6.07) is 0. The normalized spacial score (nSPS) is 9.69. The first-order valence-electron chi connectivity index (χ1n) is 4.81. The molecular weight excluding hydrogens is 216 g/mol. The molecule has 16 heavy (non-hydrogen) atoms. The second-order valence-corrected chi connectivity index (χ2v) is 3.52. The van der Waals surface area contributed by atoms with Gasteiger partial charge in [0.1, 0.15) is 13.1 Å². The van der Waals surface area contributed by atoms with E-state index in [2.05, 4.69) is 10.6 Å². The Bertz CT molecular complexity index is 265. The lowest BCUT2D eigenvalue weighted by Crippen LogP contribution is -2.39. The first kappa shape index (κ1) is 14.2. The lowest BCUT2D eigenvalue weighted by molar-refractivity contribution is -0.137. The molecule has 92 valence electrons. The van der Waals surface area contributed by atoms with Crippen LogP contribution in [-0.4, -0.2) is 42.8 Å². The van der Waals surface area contributed by atoms with E-state index in [9.17, 15) is 14.4 Å². The smallest absolute Gasteiger partial charge is 0.407 e. The van der Waals surface area contributed by atoms with Crippen molar-refractivity contribution in [1.82, 2.24) is 10.6 Å². The molecule has 0 aliphatic heterocycles. The van der Waals surface area contributed by atoms with E-state index >= 15 is 0 Å². The first-order valence-corrected chi connectivity index (χ1v) is 4.81. The van der Waals surface area contributed by atoms with Crippen LogP contribution in [0.2, 0.25) is 0 Å². The van der Waals surface area contributed by atoms with E-state index in [4.69, 9.17) is 9.84 Å². The van der Waals surface area contributed by atoms with Crippen molar-refractivity contribution in [1.29, 1.82) is 0 Å². The topological polar surface area (TPSA) is 105 Å². The number of hydrogen-bond donors (Lipinski definition) is 3. The van der Waals surface area contributed by atoms with E-state index in [-0.39, 0.29) is 19.1 Å². The van der Waals surface area contributed by atoms with Gasteiger partial charge in [-0.15, -0.1) is 0 Å². The van der Waals surface area contributed by atoms with Gasteiger partial charge in [-0.25, -0.2) is 4.79 Å². The van der Waals surface area contributed by atoms with Crippen LogP contribution in [0, 0.1) is 5.92 Å². The molecule has 0 aromatic rings. The number of aliphatic carboxylic acids is 1. The zero-order valence-electron chi connectivity index (χ0n) is 9.28. The van der Waals surface area contributed by atoms with Gasteiger partial charge >= 0.3 is 12.1 Å². The minimum absolute atomic E-state index is 0.214. The van der Waals surface area contributed by atoms with Crippen LogP contribution >= 0.6 is 0 Å². The molecule has 0 aliphatic rings. The zero-order chi connectivity index (χ0) is 12.6. The summed E-state index contributed by atoms with van der Waals surface area (Å²) in [7, 11) is 0. The van der Waals surface area contributed by atoms with Gasteiger partial charge < -0.3 is 20.5 Å². The van der Waals surface area contributed by atoms with Gasteiger partial charge in [0.2, 0.25) is 5.91 Å². The van der Waals surface area contributed by atoms with E-state index in [1.807, 2.05) is 13.8 Å². The highest BCUT2D eigenvalue weighted by Crippen LogP contribution is 1.91. The monoisotopic (exact) mass is 232 g/mol. The number of carbonyl (C=O) groups is 3. The Morgan fingerprint density at radius 3 is 2.31 bits per heavy atom. The molecule has 0 rings (SSSR count). The largest absolute Gasteiger partial charge is 0.480 e. The summed E-state index contributed by atoms with van der Waals surface area (Å²) in [5, 5.41) is 12.5. The maximum atomic E-state index is 11.0. The van der Waals surface area contributed by atoms with Gasteiger partial charge in [0.15, 0.2) is 0 Å². The highest BCUT2D eigenvalue weighted by Gasteiger charge is 2.07. The van der Waals surface area contributed by atoms with Crippen LogP contribution in [-0.2, 0) is 14.3 Å². The average molecular weight is 232 g/mol. The molecule has 3 N–H and O–H groups in total. The van der Waals surface area contributed by atoms with Gasteiger partial charge in [0.05, 0.1) is 6.61 Å². The van der Waals surface area contributed by atoms with Crippen molar-refractivity contribution in [2.45, 2.75) is 13.8 Å². The van der Waals surface area contributed by atoms with Crippen molar-refractivity contribution >= 4 is 18.0 Å². The standard InChI is InChI=1S/C9H16N2O5/c1-6(2)5-16-9(15)11-3-7(12)10-4-8(13)14/h6H,3-5H2,1-2H3,(H,10,12)(H,11,15)(H,13,14). The fraction of sp³-hybridized carbons (Fsp3) is 0.667. The molecular formula is C9H16N2O5. The molecule has 0 heterocycles. The predicted octanol–water partition coefficient (Wildman–Crippen LogP) is -0.431. The molecule has 0 aliphatic carbocycles. The number of alkyl carbamates (subject to hydrolysis) is 1. The number of nitrogens with one attached hydrogen (secondary N) is 2. The third kappa shape index (κ3) is 8.79. The molecule has 7 nitrogen and oxygen atoms in total. The minimum Gasteiger partial charge on any atom is -0.480 e. The molecule has 0 unspecified atom stereocenters. The molecule has 0 aromatic carbocycles. The SMILES string of the molecule is CC(C)COC(=O)NCC(=O)NCC(=O)O. The van der Waals surface area contributed by atoms with Crippen molar-refractivity contribution in [3.8, 4) is 0 Å². The molecule has 0 saturated heterocycles. The van der Waals surface area contributed by atoms with Crippen LogP contribution in [0.3, 0.4) is 0 Å². The summed E-state index contributed by atoms with van der Waals surface area (Å²) in [5.41, 5.74) is 0. The molecule has 0 radical (unpaired) electrons. The van der Waals surface area contributed by atoms with Crippen LogP contribution in [0.1, 0.15) is 13.8 Å². The number of ether oxygens (including phenoxy) is 1. The van der Waals surface area contributed by atoms with Gasteiger partial charge in [-0.2, -0.15) is 0 Å². The minimum atomic E-state index is -1.14. The van der Waals surface area contributed by atoms with Gasteiger partial charge in [-0.1, -0.05) is 13.8 Å². The summed E-state index contributed by atoms with van der Waals surface area (Å²) in [4.78, 5) is 32.0. The predicted molar refractivity (Wildman–Crippen MR) is 54.8 cm³/mol. The zero-order valence-corrected chi connectivity index (χ0v) is 9.28. The fourth-order valence-electron chi connectivity index (χ4n) is 0.683. The van der Waals surface area contributed by atoms with E-state index in [0.29, 0.717) is 0 Å². The van der Waals surface area contributed by atoms with E-state index in [0.717, 1.165) is 0 Å². The third-order valence-electron chi connectivity index (χ3n) is 1.38. The second-order valence-electron chi connectivity index (χ2n) is 3.52. The van der Waals surface area contributed by atoms with Crippen molar-refractivity contribution < 1.29 is 24.2 Å². The van der Waals surface area contributed by atoms with Gasteiger partial charge in [-0.3, -0.25) is 9.59 Å². The van der Waals surface area contributed by atoms with Crippen molar-refractivity contribution in [3.63, 3.8) is 0 Å². The molecule has 0 spiro atoms. The molecule has 0 atom stereocenters. The average Bonchev–Trinajstić information content (AvgIpc) is 2.20. The second kappa shape index (κ2) is 7.49. The number of hydrogen-bond acceptors (Lipinski definition) is 4. The van der Waals surface area contributed by atoms with Crippen LogP contribution in [0.5, 0.6) is 0 Å². The summed E-state index contributed by atoms with van der Waals surface area (Å²) in [6.45, 7) is 3.26. The number of rotatable bonds is 6. The van der Waals surface area contributed by atoms with Crippen LogP contribution in [0.4, 0.5) is 4.79 Å². The number of carboxylic acid groups (broad SMARTS) is 1. The van der Waals surface area contributed by atoms with Gasteiger partial charge in [-0.05, 0) is 5.92 Å². The Kier molecular flexibility index (Phi) is 6.66. The number of carboxylic acids is 1. The molecule has 0 fully saturated rings. The molecule has 2 amide bonds. The molecule has 0 aromatic heterocycles. The lowest BCUT2D eigenvalue weighted by atomic mass is 10.2.